The molecular weight excluding hydrogens is 242 g/mol. The number of benzene rings is 1. The Morgan fingerprint density at radius 2 is 2.21 bits per heavy atom. The van der Waals surface area contributed by atoms with Crippen molar-refractivity contribution in [3.05, 3.63) is 23.8 Å². The largest absolute Gasteiger partial charge is 0.507 e. The van der Waals surface area contributed by atoms with E-state index in [1.807, 2.05) is 19.1 Å². The summed E-state index contributed by atoms with van der Waals surface area (Å²) in [5, 5.41) is 22.9. The van der Waals surface area contributed by atoms with Crippen LogP contribution in [0, 0.1) is 5.92 Å². The van der Waals surface area contributed by atoms with E-state index in [2.05, 4.69) is 5.32 Å². The van der Waals surface area contributed by atoms with Crippen molar-refractivity contribution >= 4 is 0 Å². The molecule has 3 N–H and O–H groups in total. The van der Waals surface area contributed by atoms with Gasteiger partial charge < -0.3 is 20.3 Å². The van der Waals surface area contributed by atoms with Crippen molar-refractivity contribution in [1.82, 2.24) is 5.32 Å². The number of methoxy groups -OCH3 is 1. The van der Waals surface area contributed by atoms with Crippen LogP contribution in [0.5, 0.6) is 11.5 Å². The molecule has 4 nitrogen and oxygen atoms in total. The molecule has 1 aliphatic rings. The van der Waals surface area contributed by atoms with Gasteiger partial charge in [0.1, 0.15) is 11.5 Å². The lowest BCUT2D eigenvalue weighted by molar-refractivity contribution is 0.200. The molecule has 1 aromatic rings. The summed E-state index contributed by atoms with van der Waals surface area (Å²) in [6, 6.07) is 5.76. The van der Waals surface area contributed by atoms with Gasteiger partial charge in [0, 0.05) is 30.3 Å². The zero-order valence-electron chi connectivity index (χ0n) is 11.6. The van der Waals surface area contributed by atoms with Gasteiger partial charge in [-0.05, 0) is 31.7 Å². The first-order valence-corrected chi connectivity index (χ1v) is 6.89. The number of hydrogen-bond acceptors (Lipinski definition) is 4. The third-order valence-electron chi connectivity index (χ3n) is 4.06. The van der Waals surface area contributed by atoms with E-state index in [4.69, 9.17) is 4.74 Å². The fourth-order valence-corrected chi connectivity index (χ4v) is 2.90. The molecule has 0 aromatic heterocycles. The molecule has 19 heavy (non-hydrogen) atoms. The minimum Gasteiger partial charge on any atom is -0.507 e. The quantitative estimate of drug-likeness (QED) is 0.764. The Morgan fingerprint density at radius 3 is 2.84 bits per heavy atom. The average molecular weight is 265 g/mol. The Kier molecular flexibility index (Phi) is 4.66. The summed E-state index contributed by atoms with van der Waals surface area (Å²) in [6.45, 7) is 2.27. The van der Waals surface area contributed by atoms with Crippen LogP contribution in [0.4, 0.5) is 0 Å². The van der Waals surface area contributed by atoms with E-state index < -0.39 is 0 Å². The number of nitrogens with one attached hydrogen (secondary N) is 1. The Hall–Kier alpha value is -1.26. The Labute approximate surface area is 114 Å². The summed E-state index contributed by atoms with van der Waals surface area (Å²) in [5.74, 6) is 1.24. The van der Waals surface area contributed by atoms with Crippen LogP contribution < -0.4 is 10.1 Å². The topological polar surface area (TPSA) is 61.7 Å². The lowest BCUT2D eigenvalue weighted by Gasteiger charge is -2.24. The van der Waals surface area contributed by atoms with Gasteiger partial charge >= 0.3 is 0 Å². The Balaban J connectivity index is 2.05. The first kappa shape index (κ1) is 14.2. The van der Waals surface area contributed by atoms with E-state index in [0.717, 1.165) is 24.8 Å². The molecule has 2 rings (SSSR count). The van der Waals surface area contributed by atoms with E-state index in [1.54, 1.807) is 13.2 Å². The summed E-state index contributed by atoms with van der Waals surface area (Å²) in [6.07, 6.45) is 3.33. The SMILES string of the molecule is COc1ccc(C(C)NC2CCCC2CO)c(O)c1. The zero-order chi connectivity index (χ0) is 13.8. The first-order chi connectivity index (χ1) is 9.15. The lowest BCUT2D eigenvalue weighted by atomic mass is 10.0. The van der Waals surface area contributed by atoms with Crippen molar-refractivity contribution in [2.45, 2.75) is 38.3 Å². The molecular formula is C15H23NO3. The van der Waals surface area contributed by atoms with E-state index in [9.17, 15) is 10.2 Å². The van der Waals surface area contributed by atoms with Crippen LogP contribution in [0.3, 0.4) is 0 Å². The van der Waals surface area contributed by atoms with E-state index in [0.29, 0.717) is 17.7 Å². The van der Waals surface area contributed by atoms with Crippen LogP contribution >= 0.6 is 0 Å². The number of hydrogen-bond donors (Lipinski definition) is 3. The van der Waals surface area contributed by atoms with Crippen LogP contribution in [-0.2, 0) is 0 Å². The van der Waals surface area contributed by atoms with Crippen LogP contribution in [0.25, 0.3) is 0 Å². The smallest absolute Gasteiger partial charge is 0.124 e. The number of ether oxygens (including phenoxy) is 1. The fraction of sp³-hybridized carbons (Fsp3) is 0.600. The maximum absolute atomic E-state index is 10.0. The Bertz CT molecular complexity index is 422. The maximum atomic E-state index is 10.0. The van der Waals surface area contributed by atoms with Crippen molar-refractivity contribution in [3.63, 3.8) is 0 Å². The normalized spacial score (nSPS) is 24.4. The number of aliphatic hydroxyl groups excluding tert-OH is 1. The van der Waals surface area contributed by atoms with Crippen LogP contribution in [0.1, 0.15) is 37.8 Å². The number of rotatable bonds is 5. The number of aromatic hydroxyl groups is 1. The number of phenolic OH excluding ortho intramolecular Hbond substituents is 1. The molecule has 3 unspecified atom stereocenters. The molecule has 1 fully saturated rings. The molecule has 0 bridgehead atoms. The van der Waals surface area contributed by atoms with Crippen LogP contribution in [-0.4, -0.2) is 30.0 Å². The zero-order valence-corrected chi connectivity index (χ0v) is 11.6. The number of aliphatic hydroxyl groups is 1. The monoisotopic (exact) mass is 265 g/mol. The van der Waals surface area contributed by atoms with E-state index in [1.165, 1.54) is 0 Å². The van der Waals surface area contributed by atoms with Crippen LogP contribution in [0.2, 0.25) is 0 Å². The highest BCUT2D eigenvalue weighted by Crippen LogP contribution is 2.31. The molecule has 0 radical (unpaired) electrons. The molecule has 0 saturated heterocycles. The molecule has 0 spiro atoms. The second-order valence-corrected chi connectivity index (χ2v) is 5.29. The van der Waals surface area contributed by atoms with Crippen LogP contribution in [0.15, 0.2) is 18.2 Å². The van der Waals surface area contributed by atoms with Crippen molar-refractivity contribution < 1.29 is 14.9 Å². The molecule has 0 heterocycles. The predicted octanol–water partition coefficient (Wildman–Crippen LogP) is 2.21. The summed E-state index contributed by atoms with van der Waals surface area (Å²) in [7, 11) is 1.58. The molecule has 1 aromatic carbocycles. The van der Waals surface area contributed by atoms with Gasteiger partial charge in [0.05, 0.1) is 7.11 Å². The van der Waals surface area contributed by atoms with Crippen molar-refractivity contribution in [3.8, 4) is 11.5 Å². The highest BCUT2D eigenvalue weighted by atomic mass is 16.5. The average Bonchev–Trinajstić information content (AvgIpc) is 2.85. The van der Waals surface area contributed by atoms with Crippen molar-refractivity contribution in [2.75, 3.05) is 13.7 Å². The highest BCUT2D eigenvalue weighted by molar-refractivity contribution is 5.41. The highest BCUT2D eigenvalue weighted by Gasteiger charge is 2.28. The summed E-state index contributed by atoms with van der Waals surface area (Å²) >= 11 is 0. The third-order valence-corrected chi connectivity index (χ3v) is 4.06. The third kappa shape index (κ3) is 3.19. The lowest BCUT2D eigenvalue weighted by Crippen LogP contribution is -2.35. The number of phenols is 1. The molecule has 3 atom stereocenters. The minimum absolute atomic E-state index is 0.0584. The summed E-state index contributed by atoms with van der Waals surface area (Å²) < 4.78 is 5.08. The van der Waals surface area contributed by atoms with Gasteiger partial charge in [-0.15, -0.1) is 0 Å². The first-order valence-electron chi connectivity index (χ1n) is 6.89. The molecule has 106 valence electrons. The summed E-state index contributed by atoms with van der Waals surface area (Å²) in [4.78, 5) is 0. The van der Waals surface area contributed by atoms with Gasteiger partial charge in [0.15, 0.2) is 0 Å². The van der Waals surface area contributed by atoms with Gasteiger partial charge in [-0.25, -0.2) is 0 Å². The van der Waals surface area contributed by atoms with E-state index >= 15 is 0 Å². The van der Waals surface area contributed by atoms with Gasteiger partial charge in [-0.3, -0.25) is 0 Å². The van der Waals surface area contributed by atoms with Gasteiger partial charge in [0.25, 0.3) is 0 Å². The summed E-state index contributed by atoms with van der Waals surface area (Å²) in [5.41, 5.74) is 0.865. The second kappa shape index (κ2) is 6.26. The fourth-order valence-electron chi connectivity index (χ4n) is 2.90. The standard InChI is InChI=1S/C15H23NO3/c1-10(16-14-5-3-4-11(14)9-17)13-7-6-12(19-2)8-15(13)18/h6-8,10-11,14,16-18H,3-5,9H2,1-2H3. The predicted molar refractivity (Wildman–Crippen MR) is 74.4 cm³/mol. The molecule has 0 amide bonds. The molecule has 1 saturated carbocycles. The van der Waals surface area contributed by atoms with Crippen molar-refractivity contribution in [1.29, 1.82) is 0 Å². The van der Waals surface area contributed by atoms with Gasteiger partial charge in [-0.1, -0.05) is 12.5 Å². The van der Waals surface area contributed by atoms with Gasteiger partial charge in [-0.2, -0.15) is 0 Å². The second-order valence-electron chi connectivity index (χ2n) is 5.29. The Morgan fingerprint density at radius 1 is 1.42 bits per heavy atom. The van der Waals surface area contributed by atoms with Gasteiger partial charge in [0.2, 0.25) is 0 Å². The van der Waals surface area contributed by atoms with E-state index in [-0.39, 0.29) is 18.4 Å². The minimum atomic E-state index is 0.0584. The molecule has 0 aliphatic heterocycles. The molecule has 4 heteroatoms. The maximum Gasteiger partial charge on any atom is 0.124 e. The molecule has 1 aliphatic carbocycles. The van der Waals surface area contributed by atoms with Crippen molar-refractivity contribution in [2.24, 2.45) is 5.92 Å².